The lowest BCUT2D eigenvalue weighted by molar-refractivity contribution is 0.287. The third-order valence-corrected chi connectivity index (χ3v) is 2.52. The summed E-state index contributed by atoms with van der Waals surface area (Å²) in [6.07, 6.45) is 1.15. The average Bonchev–Trinajstić information content (AvgIpc) is 2.27. The molecule has 0 atom stereocenters. The van der Waals surface area contributed by atoms with E-state index in [4.69, 9.17) is 16.7 Å². The van der Waals surface area contributed by atoms with Crippen LogP contribution in [0.1, 0.15) is 12.2 Å². The normalized spacial score (nSPS) is 10.9. The summed E-state index contributed by atoms with van der Waals surface area (Å²) in [6, 6.07) is 5.01. The van der Waals surface area contributed by atoms with Crippen molar-refractivity contribution in [2.24, 2.45) is 0 Å². The number of halogens is 1. The van der Waals surface area contributed by atoms with Gasteiger partial charge in [0, 0.05) is 18.1 Å². The summed E-state index contributed by atoms with van der Waals surface area (Å²) in [4.78, 5) is 18.7. The minimum Gasteiger partial charge on any atom is -0.396 e. The van der Waals surface area contributed by atoms with Gasteiger partial charge in [-0.3, -0.25) is 4.79 Å². The third kappa shape index (κ3) is 2.23. The molecule has 0 fully saturated rings. The summed E-state index contributed by atoms with van der Waals surface area (Å²) in [5.74, 6) is 0.592. The van der Waals surface area contributed by atoms with Gasteiger partial charge < -0.3 is 10.1 Å². The SMILES string of the molecule is O=c1[nH]c(CCCO)nc2ccc(Cl)cc12. The second-order valence-electron chi connectivity index (χ2n) is 3.50. The zero-order chi connectivity index (χ0) is 11.5. The second kappa shape index (κ2) is 4.63. The van der Waals surface area contributed by atoms with Gasteiger partial charge in [0.1, 0.15) is 5.82 Å². The van der Waals surface area contributed by atoms with Gasteiger partial charge in [0.25, 0.3) is 5.56 Å². The number of fused-ring (bicyclic) bond motifs is 1. The monoisotopic (exact) mass is 238 g/mol. The van der Waals surface area contributed by atoms with Crippen molar-refractivity contribution in [1.82, 2.24) is 9.97 Å². The highest BCUT2D eigenvalue weighted by atomic mass is 35.5. The molecule has 0 aliphatic heterocycles. The zero-order valence-corrected chi connectivity index (χ0v) is 9.29. The van der Waals surface area contributed by atoms with Crippen molar-refractivity contribution >= 4 is 22.5 Å². The molecule has 0 radical (unpaired) electrons. The Morgan fingerprint density at radius 3 is 3.00 bits per heavy atom. The first-order valence-electron chi connectivity index (χ1n) is 5.00. The number of aromatic nitrogens is 2. The first-order valence-corrected chi connectivity index (χ1v) is 5.38. The fraction of sp³-hybridized carbons (Fsp3) is 0.273. The molecule has 0 saturated heterocycles. The van der Waals surface area contributed by atoms with Gasteiger partial charge >= 0.3 is 0 Å². The second-order valence-corrected chi connectivity index (χ2v) is 3.94. The lowest BCUT2D eigenvalue weighted by atomic mass is 10.2. The van der Waals surface area contributed by atoms with E-state index >= 15 is 0 Å². The van der Waals surface area contributed by atoms with Gasteiger partial charge in [0.2, 0.25) is 0 Å². The molecule has 4 nitrogen and oxygen atoms in total. The molecule has 0 spiro atoms. The summed E-state index contributed by atoms with van der Waals surface area (Å²) >= 11 is 5.80. The predicted molar refractivity (Wildman–Crippen MR) is 62.8 cm³/mol. The van der Waals surface area contributed by atoms with Crippen LogP contribution in [0.3, 0.4) is 0 Å². The van der Waals surface area contributed by atoms with Crippen molar-refractivity contribution in [2.45, 2.75) is 12.8 Å². The first kappa shape index (κ1) is 11.1. The third-order valence-electron chi connectivity index (χ3n) is 2.29. The Morgan fingerprint density at radius 2 is 2.25 bits per heavy atom. The number of aliphatic hydroxyl groups excluding tert-OH is 1. The molecular formula is C11H11ClN2O2. The van der Waals surface area contributed by atoms with Crippen LogP contribution in [0, 0.1) is 0 Å². The highest BCUT2D eigenvalue weighted by Crippen LogP contribution is 2.14. The van der Waals surface area contributed by atoms with E-state index in [-0.39, 0.29) is 12.2 Å². The minimum absolute atomic E-state index is 0.0857. The lowest BCUT2D eigenvalue weighted by Crippen LogP contribution is -2.12. The molecule has 0 aliphatic carbocycles. The van der Waals surface area contributed by atoms with E-state index in [1.54, 1.807) is 18.2 Å². The van der Waals surface area contributed by atoms with Crippen LogP contribution in [0.15, 0.2) is 23.0 Å². The van der Waals surface area contributed by atoms with Gasteiger partial charge in [-0.05, 0) is 24.6 Å². The van der Waals surface area contributed by atoms with Gasteiger partial charge in [-0.15, -0.1) is 0 Å². The van der Waals surface area contributed by atoms with Crippen molar-refractivity contribution in [2.75, 3.05) is 6.61 Å². The highest BCUT2D eigenvalue weighted by molar-refractivity contribution is 6.31. The fourth-order valence-corrected chi connectivity index (χ4v) is 1.70. The molecule has 0 aliphatic rings. The average molecular weight is 239 g/mol. The lowest BCUT2D eigenvalue weighted by Gasteiger charge is -2.02. The van der Waals surface area contributed by atoms with Crippen LogP contribution in [0.4, 0.5) is 0 Å². The van der Waals surface area contributed by atoms with E-state index in [0.717, 1.165) is 0 Å². The Labute approximate surface area is 96.9 Å². The van der Waals surface area contributed by atoms with E-state index in [1.807, 2.05) is 0 Å². The van der Waals surface area contributed by atoms with Crippen LogP contribution < -0.4 is 5.56 Å². The maximum atomic E-state index is 11.7. The van der Waals surface area contributed by atoms with Crippen LogP contribution in [0.2, 0.25) is 5.02 Å². The van der Waals surface area contributed by atoms with Crippen molar-refractivity contribution in [3.8, 4) is 0 Å². The topological polar surface area (TPSA) is 66.0 Å². The van der Waals surface area contributed by atoms with Crippen LogP contribution >= 0.6 is 11.6 Å². The van der Waals surface area contributed by atoms with Crippen molar-refractivity contribution in [1.29, 1.82) is 0 Å². The number of aliphatic hydroxyl groups is 1. The smallest absolute Gasteiger partial charge is 0.258 e. The number of hydrogen-bond acceptors (Lipinski definition) is 3. The van der Waals surface area contributed by atoms with E-state index in [1.165, 1.54) is 0 Å². The molecule has 0 amide bonds. The summed E-state index contributed by atoms with van der Waals surface area (Å²) < 4.78 is 0. The molecule has 0 unspecified atom stereocenters. The molecule has 2 aromatic rings. The van der Waals surface area contributed by atoms with Crippen LogP contribution in [-0.4, -0.2) is 21.7 Å². The van der Waals surface area contributed by atoms with Gasteiger partial charge in [-0.2, -0.15) is 0 Å². The van der Waals surface area contributed by atoms with Crippen molar-refractivity contribution < 1.29 is 5.11 Å². The van der Waals surface area contributed by atoms with Gasteiger partial charge in [0.15, 0.2) is 0 Å². The Kier molecular flexibility index (Phi) is 3.22. The van der Waals surface area contributed by atoms with Crippen molar-refractivity contribution in [3.05, 3.63) is 39.4 Å². The van der Waals surface area contributed by atoms with E-state index in [0.29, 0.717) is 34.6 Å². The molecule has 1 aromatic carbocycles. The zero-order valence-electron chi connectivity index (χ0n) is 8.53. The number of aryl methyl sites for hydroxylation is 1. The predicted octanol–water partition coefficient (Wildman–Crippen LogP) is 1.50. The minimum atomic E-state index is -0.194. The Morgan fingerprint density at radius 1 is 1.44 bits per heavy atom. The van der Waals surface area contributed by atoms with E-state index in [2.05, 4.69) is 9.97 Å². The van der Waals surface area contributed by atoms with Crippen LogP contribution in [0.5, 0.6) is 0 Å². The highest BCUT2D eigenvalue weighted by Gasteiger charge is 2.04. The molecule has 0 saturated carbocycles. The van der Waals surface area contributed by atoms with Crippen molar-refractivity contribution in [3.63, 3.8) is 0 Å². The number of hydrogen-bond donors (Lipinski definition) is 2. The largest absolute Gasteiger partial charge is 0.396 e. The number of nitrogens with zero attached hydrogens (tertiary/aromatic N) is 1. The van der Waals surface area contributed by atoms with Crippen LogP contribution in [0.25, 0.3) is 10.9 Å². The number of nitrogens with one attached hydrogen (secondary N) is 1. The van der Waals surface area contributed by atoms with Gasteiger partial charge in [-0.1, -0.05) is 11.6 Å². The molecule has 1 aromatic heterocycles. The number of rotatable bonds is 3. The molecular weight excluding hydrogens is 228 g/mol. The Hall–Kier alpha value is -1.39. The summed E-state index contributed by atoms with van der Waals surface area (Å²) in [7, 11) is 0. The van der Waals surface area contributed by atoms with Gasteiger partial charge in [0.05, 0.1) is 10.9 Å². The molecule has 84 valence electrons. The molecule has 0 bridgehead atoms. The van der Waals surface area contributed by atoms with E-state index < -0.39 is 0 Å². The number of aromatic amines is 1. The number of H-pyrrole nitrogens is 1. The molecule has 16 heavy (non-hydrogen) atoms. The Bertz CT molecular complexity index is 565. The molecule has 2 rings (SSSR count). The summed E-state index contributed by atoms with van der Waals surface area (Å²) in [5.41, 5.74) is 0.432. The molecule has 5 heteroatoms. The Balaban J connectivity index is 2.51. The van der Waals surface area contributed by atoms with Crippen LogP contribution in [-0.2, 0) is 6.42 Å². The number of benzene rings is 1. The maximum absolute atomic E-state index is 11.7. The van der Waals surface area contributed by atoms with Gasteiger partial charge in [-0.25, -0.2) is 4.98 Å². The standard InChI is InChI=1S/C11H11ClN2O2/c12-7-3-4-9-8(6-7)11(16)14-10(13-9)2-1-5-15/h3-4,6,15H,1-2,5H2,(H,13,14,16). The molecule has 2 N–H and O–H groups in total. The van der Waals surface area contributed by atoms with E-state index in [9.17, 15) is 4.79 Å². The molecule has 1 heterocycles. The summed E-state index contributed by atoms with van der Waals surface area (Å²) in [6.45, 7) is 0.0857. The quantitative estimate of drug-likeness (QED) is 0.852. The summed E-state index contributed by atoms with van der Waals surface area (Å²) in [5, 5.41) is 9.71. The maximum Gasteiger partial charge on any atom is 0.258 e. The fourth-order valence-electron chi connectivity index (χ4n) is 1.52. The first-order chi connectivity index (χ1) is 7.70.